The summed E-state index contributed by atoms with van der Waals surface area (Å²) in [6, 6.07) is 7.17. The van der Waals surface area contributed by atoms with Gasteiger partial charge in [-0.15, -0.1) is 0 Å². The molecule has 0 spiro atoms. The Morgan fingerprint density at radius 3 is 2.94 bits per heavy atom. The van der Waals surface area contributed by atoms with Gasteiger partial charge in [-0.1, -0.05) is 18.2 Å². The van der Waals surface area contributed by atoms with E-state index in [0.29, 0.717) is 6.42 Å². The number of rotatable bonds is 4. The number of hydrogen-bond acceptors (Lipinski definition) is 3. The van der Waals surface area contributed by atoms with Gasteiger partial charge >= 0.3 is 0 Å². The third-order valence-corrected chi connectivity index (χ3v) is 2.73. The Balaban J connectivity index is 2.30. The predicted molar refractivity (Wildman–Crippen MR) is 59.9 cm³/mol. The fourth-order valence-corrected chi connectivity index (χ4v) is 1.82. The Labute approximate surface area is 93.3 Å². The van der Waals surface area contributed by atoms with Crippen molar-refractivity contribution in [2.24, 2.45) is 0 Å². The van der Waals surface area contributed by atoms with Gasteiger partial charge in [0, 0.05) is 17.1 Å². The van der Waals surface area contributed by atoms with Crippen molar-refractivity contribution >= 4 is 16.9 Å². The quantitative estimate of drug-likeness (QED) is 0.760. The van der Waals surface area contributed by atoms with Gasteiger partial charge in [0.25, 0.3) is 0 Å². The minimum atomic E-state index is -1.08. The van der Waals surface area contributed by atoms with Crippen molar-refractivity contribution in [3.05, 3.63) is 36.0 Å². The highest BCUT2D eigenvalue weighted by Gasteiger charge is 2.11. The molecule has 0 aliphatic rings. The molecule has 1 aromatic heterocycles. The highest BCUT2D eigenvalue weighted by molar-refractivity contribution is 5.84. The lowest BCUT2D eigenvalue weighted by atomic mass is 10.1. The fraction of sp³-hybridized carbons (Fsp3) is 0.250. The molecule has 0 aliphatic carbocycles. The van der Waals surface area contributed by atoms with Gasteiger partial charge in [0.2, 0.25) is 0 Å². The van der Waals surface area contributed by atoms with Crippen molar-refractivity contribution in [3.8, 4) is 0 Å². The van der Waals surface area contributed by atoms with E-state index >= 15 is 0 Å². The molecule has 0 saturated carbocycles. The Hall–Kier alpha value is -1.81. The van der Waals surface area contributed by atoms with Crippen molar-refractivity contribution in [2.45, 2.75) is 12.5 Å². The normalized spacial score (nSPS) is 12.8. The highest BCUT2D eigenvalue weighted by atomic mass is 16.4. The molecule has 1 aromatic carbocycles. The number of carbonyl (C=O) groups excluding carboxylic acids is 1. The summed E-state index contributed by atoms with van der Waals surface area (Å²) in [5.74, 6) is -1.08. The lowest BCUT2D eigenvalue weighted by molar-refractivity contribution is -0.308. The minimum absolute atomic E-state index is 0.419. The molecule has 1 heterocycles. The number of nitrogens with one attached hydrogen (secondary N) is 2. The van der Waals surface area contributed by atoms with Gasteiger partial charge in [0.15, 0.2) is 0 Å². The van der Waals surface area contributed by atoms with Crippen LogP contribution in [-0.4, -0.2) is 24.0 Å². The van der Waals surface area contributed by atoms with Gasteiger partial charge in [-0.05, 0) is 25.1 Å². The van der Waals surface area contributed by atoms with E-state index in [1.54, 1.807) is 7.05 Å². The summed E-state index contributed by atoms with van der Waals surface area (Å²) in [5, 5.41) is 14.6. The van der Waals surface area contributed by atoms with Crippen LogP contribution in [0.1, 0.15) is 5.56 Å². The van der Waals surface area contributed by atoms with Crippen LogP contribution in [0.15, 0.2) is 30.5 Å². The monoisotopic (exact) mass is 217 g/mol. The average Bonchev–Trinajstić information content (AvgIpc) is 2.69. The van der Waals surface area contributed by atoms with E-state index in [1.165, 1.54) is 0 Å². The number of para-hydroxylation sites is 1. The number of fused-ring (bicyclic) bond motifs is 1. The maximum absolute atomic E-state index is 10.8. The van der Waals surface area contributed by atoms with E-state index < -0.39 is 12.0 Å². The molecule has 0 fully saturated rings. The standard InChI is InChI=1S/C12H14N2O2/c1-13-11(12(15)16)6-8-7-14-10-5-3-2-4-9(8)10/h2-5,7,11,13-14H,6H2,1H3,(H,15,16)/p-1. The van der Waals surface area contributed by atoms with Crippen LogP contribution in [0.25, 0.3) is 10.9 Å². The van der Waals surface area contributed by atoms with Crippen LogP contribution < -0.4 is 10.4 Å². The summed E-state index contributed by atoms with van der Waals surface area (Å²) in [6.07, 6.45) is 2.26. The van der Waals surface area contributed by atoms with E-state index in [9.17, 15) is 9.90 Å². The zero-order valence-electron chi connectivity index (χ0n) is 8.99. The van der Waals surface area contributed by atoms with Gasteiger partial charge < -0.3 is 20.2 Å². The van der Waals surface area contributed by atoms with Crippen molar-refractivity contribution in [2.75, 3.05) is 7.05 Å². The molecule has 4 nitrogen and oxygen atoms in total. The summed E-state index contributed by atoms with van der Waals surface area (Å²) in [7, 11) is 1.62. The lowest BCUT2D eigenvalue weighted by Crippen LogP contribution is -2.45. The summed E-state index contributed by atoms with van der Waals surface area (Å²) >= 11 is 0. The molecular formula is C12H13N2O2-. The van der Waals surface area contributed by atoms with Gasteiger partial charge in [-0.25, -0.2) is 0 Å². The number of hydrogen-bond donors (Lipinski definition) is 2. The first-order chi connectivity index (χ1) is 7.72. The number of carboxylic acid groups (broad SMARTS) is 1. The molecule has 0 aliphatic heterocycles. The Morgan fingerprint density at radius 2 is 2.25 bits per heavy atom. The Bertz CT molecular complexity index is 504. The second-order valence-corrected chi connectivity index (χ2v) is 3.72. The van der Waals surface area contributed by atoms with Crippen LogP contribution in [-0.2, 0) is 11.2 Å². The third-order valence-electron chi connectivity index (χ3n) is 2.73. The minimum Gasteiger partial charge on any atom is -0.548 e. The number of aromatic nitrogens is 1. The first-order valence-corrected chi connectivity index (χ1v) is 5.15. The summed E-state index contributed by atoms with van der Waals surface area (Å²) < 4.78 is 0. The van der Waals surface area contributed by atoms with Crippen LogP contribution >= 0.6 is 0 Å². The molecule has 2 rings (SSSR count). The molecule has 1 atom stereocenters. The van der Waals surface area contributed by atoms with Gasteiger partial charge in [-0.3, -0.25) is 0 Å². The van der Waals surface area contributed by atoms with Crippen LogP contribution in [0.4, 0.5) is 0 Å². The molecule has 16 heavy (non-hydrogen) atoms. The zero-order valence-corrected chi connectivity index (χ0v) is 8.99. The molecule has 0 amide bonds. The van der Waals surface area contributed by atoms with Crippen LogP contribution in [0.3, 0.4) is 0 Å². The van der Waals surface area contributed by atoms with E-state index in [-0.39, 0.29) is 0 Å². The molecule has 0 saturated heterocycles. The highest BCUT2D eigenvalue weighted by Crippen LogP contribution is 2.18. The van der Waals surface area contributed by atoms with Crippen molar-refractivity contribution in [3.63, 3.8) is 0 Å². The SMILES string of the molecule is CNC(Cc1c[nH]c2ccccc12)C(=O)[O-]. The molecular weight excluding hydrogens is 204 g/mol. The molecule has 0 bridgehead atoms. The zero-order chi connectivity index (χ0) is 11.5. The third kappa shape index (κ3) is 1.92. The smallest absolute Gasteiger partial charge is 0.0587 e. The second kappa shape index (κ2) is 4.37. The number of aliphatic carboxylic acids is 1. The number of carbonyl (C=O) groups is 1. The fourth-order valence-electron chi connectivity index (χ4n) is 1.82. The number of benzene rings is 1. The summed E-state index contributed by atoms with van der Waals surface area (Å²) in [4.78, 5) is 13.9. The second-order valence-electron chi connectivity index (χ2n) is 3.72. The van der Waals surface area contributed by atoms with Crippen molar-refractivity contribution in [1.82, 2.24) is 10.3 Å². The number of aromatic amines is 1. The van der Waals surface area contributed by atoms with E-state index in [1.807, 2.05) is 30.5 Å². The topological polar surface area (TPSA) is 68.0 Å². The number of H-pyrrole nitrogens is 1. The summed E-state index contributed by atoms with van der Waals surface area (Å²) in [6.45, 7) is 0. The largest absolute Gasteiger partial charge is 0.548 e. The van der Waals surface area contributed by atoms with Crippen molar-refractivity contribution < 1.29 is 9.90 Å². The average molecular weight is 217 g/mol. The van der Waals surface area contributed by atoms with E-state index in [2.05, 4.69) is 10.3 Å². The van der Waals surface area contributed by atoms with Crippen LogP contribution in [0.2, 0.25) is 0 Å². The van der Waals surface area contributed by atoms with Gasteiger partial charge in [0.05, 0.1) is 12.0 Å². The van der Waals surface area contributed by atoms with E-state index in [4.69, 9.17) is 0 Å². The molecule has 0 radical (unpaired) electrons. The van der Waals surface area contributed by atoms with Crippen LogP contribution in [0, 0.1) is 0 Å². The number of carboxylic acids is 1. The Kier molecular flexibility index (Phi) is 2.92. The predicted octanol–water partition coefficient (Wildman–Crippen LogP) is 0.0483. The molecule has 2 aromatic rings. The maximum Gasteiger partial charge on any atom is 0.0587 e. The summed E-state index contributed by atoms with van der Waals surface area (Å²) in [5.41, 5.74) is 2.00. The first-order valence-electron chi connectivity index (χ1n) is 5.15. The Morgan fingerprint density at radius 1 is 1.50 bits per heavy atom. The first kappa shape index (κ1) is 10.7. The molecule has 1 unspecified atom stereocenters. The van der Waals surface area contributed by atoms with Crippen LogP contribution in [0.5, 0.6) is 0 Å². The molecule has 4 heteroatoms. The van der Waals surface area contributed by atoms with Gasteiger partial charge in [-0.2, -0.15) is 0 Å². The maximum atomic E-state index is 10.8. The van der Waals surface area contributed by atoms with E-state index in [0.717, 1.165) is 16.5 Å². The lowest BCUT2D eigenvalue weighted by Gasteiger charge is -2.16. The molecule has 84 valence electrons. The van der Waals surface area contributed by atoms with Gasteiger partial charge in [0.1, 0.15) is 0 Å². The molecule has 2 N–H and O–H groups in total. The number of likely N-dealkylation sites (N-methyl/N-ethyl adjacent to an activating group) is 1. The van der Waals surface area contributed by atoms with Crippen molar-refractivity contribution in [1.29, 1.82) is 0 Å².